The topological polar surface area (TPSA) is 61.9 Å². The lowest BCUT2D eigenvalue weighted by Crippen LogP contribution is -2.52. The maximum atomic E-state index is 13.0. The molecule has 2 aliphatic heterocycles. The summed E-state index contributed by atoms with van der Waals surface area (Å²) >= 11 is 6.25. The lowest BCUT2D eigenvalue weighted by Gasteiger charge is -2.38. The van der Waals surface area contributed by atoms with Gasteiger partial charge in [0.15, 0.2) is 6.10 Å². The molecule has 6 nitrogen and oxygen atoms in total. The number of hydrogen-bond donors (Lipinski definition) is 1. The predicted molar refractivity (Wildman–Crippen MR) is 118 cm³/mol. The molecule has 0 unspecified atom stereocenters. The first-order chi connectivity index (χ1) is 14.5. The van der Waals surface area contributed by atoms with Gasteiger partial charge in [0, 0.05) is 13.1 Å². The number of aryl methyl sites for hydroxylation is 1. The van der Waals surface area contributed by atoms with Gasteiger partial charge in [-0.3, -0.25) is 9.59 Å². The minimum atomic E-state index is -0.617. The number of ether oxygens (including phenoxy) is 1. The summed E-state index contributed by atoms with van der Waals surface area (Å²) in [7, 11) is 0. The van der Waals surface area contributed by atoms with Crippen LogP contribution in [0.1, 0.15) is 24.8 Å². The van der Waals surface area contributed by atoms with Gasteiger partial charge in [-0.05, 0) is 56.0 Å². The van der Waals surface area contributed by atoms with Crippen molar-refractivity contribution < 1.29 is 14.3 Å². The van der Waals surface area contributed by atoms with Gasteiger partial charge in [0.05, 0.1) is 29.5 Å². The van der Waals surface area contributed by atoms with Crippen LogP contribution in [0, 0.1) is 6.92 Å². The standard InChI is InChI=1S/C23H26ClN3O3/c1-16-9-10-18(17(24)13-16)25-22(28)15-27-14-21(23(29)26-11-5-2-6-12-26)30-20-8-4-3-7-19(20)27/h3-4,7-10,13,21H,2,5-6,11-12,14-15H2,1H3,(H,25,28)/t21-/m0/s1. The van der Waals surface area contributed by atoms with E-state index in [4.69, 9.17) is 16.3 Å². The Morgan fingerprint density at radius 2 is 1.90 bits per heavy atom. The summed E-state index contributed by atoms with van der Waals surface area (Å²) in [6, 6.07) is 13.0. The zero-order valence-corrected chi connectivity index (χ0v) is 17.8. The Labute approximate surface area is 181 Å². The molecule has 1 atom stereocenters. The van der Waals surface area contributed by atoms with Crippen LogP contribution in [0.4, 0.5) is 11.4 Å². The zero-order valence-electron chi connectivity index (χ0n) is 17.1. The highest BCUT2D eigenvalue weighted by Crippen LogP contribution is 2.33. The van der Waals surface area contributed by atoms with Crippen LogP contribution >= 0.6 is 11.6 Å². The first-order valence-corrected chi connectivity index (χ1v) is 10.7. The number of rotatable bonds is 4. The summed E-state index contributed by atoms with van der Waals surface area (Å²) in [5.74, 6) is 0.429. The molecule has 2 aliphatic rings. The van der Waals surface area contributed by atoms with E-state index in [0.717, 1.165) is 43.6 Å². The molecule has 0 radical (unpaired) electrons. The summed E-state index contributed by atoms with van der Waals surface area (Å²) in [5, 5.41) is 3.38. The SMILES string of the molecule is Cc1ccc(NC(=O)CN2C[C@@H](C(=O)N3CCCCC3)Oc3ccccc32)c(Cl)c1. The van der Waals surface area contributed by atoms with Crippen molar-refractivity contribution in [3.63, 3.8) is 0 Å². The zero-order chi connectivity index (χ0) is 21.1. The van der Waals surface area contributed by atoms with Crippen LogP contribution in [-0.2, 0) is 9.59 Å². The number of carbonyl (C=O) groups is 2. The quantitative estimate of drug-likeness (QED) is 0.804. The van der Waals surface area contributed by atoms with Crippen LogP contribution in [-0.4, -0.2) is 49.0 Å². The molecule has 0 aromatic heterocycles. The minimum absolute atomic E-state index is 0.00353. The fourth-order valence-electron chi connectivity index (χ4n) is 3.99. The fraction of sp³-hybridized carbons (Fsp3) is 0.391. The molecule has 4 rings (SSSR count). The highest BCUT2D eigenvalue weighted by Gasteiger charge is 2.34. The van der Waals surface area contributed by atoms with Crippen molar-refractivity contribution in [1.82, 2.24) is 4.90 Å². The molecule has 2 aromatic carbocycles. The lowest BCUT2D eigenvalue weighted by molar-refractivity contribution is -0.139. The fourth-order valence-corrected chi connectivity index (χ4v) is 4.27. The molecule has 1 fully saturated rings. The van der Waals surface area contributed by atoms with E-state index in [-0.39, 0.29) is 18.4 Å². The highest BCUT2D eigenvalue weighted by molar-refractivity contribution is 6.33. The van der Waals surface area contributed by atoms with Gasteiger partial charge >= 0.3 is 0 Å². The summed E-state index contributed by atoms with van der Waals surface area (Å²) < 4.78 is 6.02. The van der Waals surface area contributed by atoms with Crippen LogP contribution in [0.2, 0.25) is 5.02 Å². The summed E-state index contributed by atoms with van der Waals surface area (Å²) in [6.07, 6.45) is 2.59. The second-order valence-corrected chi connectivity index (χ2v) is 8.28. The average Bonchev–Trinajstić information content (AvgIpc) is 2.75. The Kier molecular flexibility index (Phi) is 6.13. The molecule has 158 valence electrons. The number of amides is 2. The number of piperidine rings is 1. The van der Waals surface area contributed by atoms with Gasteiger partial charge in [-0.15, -0.1) is 0 Å². The number of nitrogens with zero attached hydrogens (tertiary/aromatic N) is 2. The van der Waals surface area contributed by atoms with Gasteiger partial charge in [0.1, 0.15) is 5.75 Å². The third kappa shape index (κ3) is 4.54. The summed E-state index contributed by atoms with van der Waals surface area (Å²) in [4.78, 5) is 29.6. The maximum absolute atomic E-state index is 13.0. The monoisotopic (exact) mass is 427 g/mol. The third-order valence-electron chi connectivity index (χ3n) is 5.54. The molecule has 0 spiro atoms. The predicted octanol–water partition coefficient (Wildman–Crippen LogP) is 3.87. The molecule has 0 bridgehead atoms. The number of para-hydroxylation sites is 2. The maximum Gasteiger partial charge on any atom is 0.265 e. The van der Waals surface area contributed by atoms with Crippen molar-refractivity contribution in [3.8, 4) is 5.75 Å². The van der Waals surface area contributed by atoms with Crippen LogP contribution < -0.4 is 15.0 Å². The van der Waals surface area contributed by atoms with E-state index in [1.165, 1.54) is 0 Å². The number of nitrogens with one attached hydrogen (secondary N) is 1. The van der Waals surface area contributed by atoms with E-state index >= 15 is 0 Å². The minimum Gasteiger partial charge on any atom is -0.477 e. The molecule has 2 amide bonds. The van der Waals surface area contributed by atoms with Crippen molar-refractivity contribution in [3.05, 3.63) is 53.1 Å². The average molecular weight is 428 g/mol. The van der Waals surface area contributed by atoms with Crippen molar-refractivity contribution >= 4 is 34.8 Å². The van der Waals surface area contributed by atoms with Crippen molar-refractivity contribution in [2.45, 2.75) is 32.3 Å². The third-order valence-corrected chi connectivity index (χ3v) is 5.85. The van der Waals surface area contributed by atoms with E-state index in [1.807, 2.05) is 53.1 Å². The number of anilines is 2. The van der Waals surface area contributed by atoms with E-state index in [9.17, 15) is 9.59 Å². The number of hydrogen-bond acceptors (Lipinski definition) is 4. The molecular weight excluding hydrogens is 402 g/mol. The lowest BCUT2D eigenvalue weighted by atomic mass is 10.1. The number of fused-ring (bicyclic) bond motifs is 1. The molecule has 1 saturated heterocycles. The van der Waals surface area contributed by atoms with Gasteiger partial charge in [-0.25, -0.2) is 0 Å². The Morgan fingerprint density at radius 3 is 2.67 bits per heavy atom. The number of carbonyl (C=O) groups excluding carboxylic acids is 2. The molecule has 2 heterocycles. The van der Waals surface area contributed by atoms with E-state index in [0.29, 0.717) is 23.0 Å². The van der Waals surface area contributed by atoms with Gasteiger partial charge < -0.3 is 19.9 Å². The van der Waals surface area contributed by atoms with Crippen molar-refractivity contribution in [2.24, 2.45) is 0 Å². The van der Waals surface area contributed by atoms with E-state index < -0.39 is 6.10 Å². The number of halogens is 1. The largest absolute Gasteiger partial charge is 0.477 e. The molecule has 2 aromatic rings. The Hall–Kier alpha value is -2.73. The second-order valence-electron chi connectivity index (χ2n) is 7.87. The van der Waals surface area contributed by atoms with Gasteiger partial charge in [-0.1, -0.05) is 29.8 Å². The number of benzene rings is 2. The Morgan fingerprint density at radius 1 is 1.13 bits per heavy atom. The van der Waals surface area contributed by atoms with Crippen molar-refractivity contribution in [1.29, 1.82) is 0 Å². The van der Waals surface area contributed by atoms with Crippen LogP contribution in [0.3, 0.4) is 0 Å². The van der Waals surface area contributed by atoms with E-state index in [2.05, 4.69) is 5.32 Å². The smallest absolute Gasteiger partial charge is 0.265 e. The molecule has 0 aliphatic carbocycles. The molecular formula is C23H26ClN3O3. The Bertz CT molecular complexity index is 943. The summed E-state index contributed by atoms with van der Waals surface area (Å²) in [5.41, 5.74) is 2.42. The van der Waals surface area contributed by atoms with Gasteiger partial charge in [0.2, 0.25) is 5.91 Å². The Balaban J connectivity index is 1.49. The summed E-state index contributed by atoms with van der Waals surface area (Å²) in [6.45, 7) is 3.93. The molecule has 1 N–H and O–H groups in total. The molecule has 30 heavy (non-hydrogen) atoms. The second kappa shape index (κ2) is 8.96. The molecule has 7 heteroatoms. The van der Waals surface area contributed by atoms with Crippen LogP contribution in [0.25, 0.3) is 0 Å². The first-order valence-electron chi connectivity index (χ1n) is 10.4. The van der Waals surface area contributed by atoms with Gasteiger partial charge in [-0.2, -0.15) is 0 Å². The first kappa shape index (κ1) is 20.5. The van der Waals surface area contributed by atoms with Crippen molar-refractivity contribution in [2.75, 3.05) is 36.4 Å². The van der Waals surface area contributed by atoms with E-state index in [1.54, 1.807) is 6.07 Å². The molecule has 0 saturated carbocycles. The van der Waals surface area contributed by atoms with Crippen LogP contribution in [0.5, 0.6) is 5.75 Å². The highest BCUT2D eigenvalue weighted by atomic mass is 35.5. The normalized spacial score (nSPS) is 18.4. The van der Waals surface area contributed by atoms with Crippen LogP contribution in [0.15, 0.2) is 42.5 Å². The number of likely N-dealkylation sites (tertiary alicyclic amines) is 1. The van der Waals surface area contributed by atoms with Gasteiger partial charge in [0.25, 0.3) is 5.91 Å².